The highest BCUT2D eigenvalue weighted by atomic mass is 32.2. The van der Waals surface area contributed by atoms with E-state index in [0.29, 0.717) is 17.5 Å². The van der Waals surface area contributed by atoms with Crippen LogP contribution in [0.1, 0.15) is 6.92 Å². The van der Waals surface area contributed by atoms with Crippen molar-refractivity contribution in [1.82, 2.24) is 19.7 Å². The third-order valence-electron chi connectivity index (χ3n) is 3.60. The lowest BCUT2D eigenvalue weighted by Crippen LogP contribution is -2.23. The molecule has 0 radical (unpaired) electrons. The largest absolute Gasteiger partial charge is 0.492 e. The smallest absolute Gasteiger partial charge is 0.232 e. The number of ether oxygens (including phenoxy) is 1. The molecule has 3 aromatic rings. The van der Waals surface area contributed by atoms with Gasteiger partial charge in [0.05, 0.1) is 22.9 Å². The molecule has 1 aromatic carbocycles. The summed E-state index contributed by atoms with van der Waals surface area (Å²) >= 11 is 2.97. The Morgan fingerprint density at radius 2 is 2.04 bits per heavy atom. The van der Waals surface area contributed by atoms with Crippen LogP contribution in [0.4, 0.5) is 0 Å². The van der Waals surface area contributed by atoms with Gasteiger partial charge in [-0.1, -0.05) is 30.0 Å². The first-order valence-electron chi connectivity index (χ1n) is 8.16. The van der Waals surface area contributed by atoms with E-state index in [1.807, 2.05) is 53.3 Å². The van der Waals surface area contributed by atoms with E-state index in [1.54, 1.807) is 30.3 Å². The second-order valence-corrected chi connectivity index (χ2v) is 7.49. The number of carbonyl (C=O) groups excluding carboxylic acids is 1. The van der Waals surface area contributed by atoms with E-state index < -0.39 is 0 Å². The molecule has 0 atom stereocenters. The zero-order valence-electron chi connectivity index (χ0n) is 14.9. The number of aromatic nitrogens is 3. The number of hydrogen-bond acceptors (Lipinski definition) is 6. The minimum Gasteiger partial charge on any atom is -0.492 e. The van der Waals surface area contributed by atoms with Crippen molar-refractivity contribution in [1.29, 1.82) is 0 Å². The molecular weight excluding hydrogens is 368 g/mol. The van der Waals surface area contributed by atoms with E-state index >= 15 is 0 Å². The van der Waals surface area contributed by atoms with Gasteiger partial charge in [0.25, 0.3) is 0 Å². The van der Waals surface area contributed by atoms with E-state index in [0.717, 1.165) is 22.1 Å². The summed E-state index contributed by atoms with van der Waals surface area (Å²) in [4.78, 5) is 14.6. The maximum atomic E-state index is 12.0. The van der Waals surface area contributed by atoms with Gasteiger partial charge in [0.1, 0.15) is 5.75 Å². The molecule has 0 bridgehead atoms. The summed E-state index contributed by atoms with van der Waals surface area (Å²) in [5.41, 5.74) is 0.863. The van der Waals surface area contributed by atoms with Crippen molar-refractivity contribution in [2.75, 3.05) is 26.5 Å². The Labute approximate surface area is 160 Å². The van der Waals surface area contributed by atoms with Crippen LogP contribution < -0.4 is 4.74 Å². The average molecular weight is 389 g/mol. The first-order valence-corrected chi connectivity index (χ1v) is 10.0. The maximum absolute atomic E-state index is 12.0. The molecule has 26 heavy (non-hydrogen) atoms. The Hall–Kier alpha value is -2.32. The summed E-state index contributed by atoms with van der Waals surface area (Å²) < 4.78 is 7.76. The van der Waals surface area contributed by atoms with Gasteiger partial charge in [-0.3, -0.25) is 9.36 Å². The summed E-state index contributed by atoms with van der Waals surface area (Å²) in [5.74, 6) is 1.83. The summed E-state index contributed by atoms with van der Waals surface area (Å²) in [6.45, 7) is 2.52. The van der Waals surface area contributed by atoms with Gasteiger partial charge in [-0.2, -0.15) is 0 Å². The number of para-hydroxylation sites is 2. The molecule has 0 fully saturated rings. The zero-order chi connectivity index (χ0) is 18.5. The van der Waals surface area contributed by atoms with Crippen LogP contribution in [0, 0.1) is 0 Å². The molecule has 0 aliphatic rings. The minimum atomic E-state index is 0.0281. The van der Waals surface area contributed by atoms with Crippen LogP contribution in [0.3, 0.4) is 0 Å². The van der Waals surface area contributed by atoms with E-state index in [9.17, 15) is 4.79 Å². The van der Waals surface area contributed by atoms with Crippen LogP contribution >= 0.6 is 23.1 Å². The fraction of sp³-hybridized carbons (Fsp3) is 0.278. The number of thioether (sulfide) groups is 1. The third-order valence-corrected chi connectivity index (χ3v) is 5.38. The lowest BCUT2D eigenvalue weighted by atomic mass is 10.3. The average Bonchev–Trinajstić information content (AvgIpc) is 3.29. The molecule has 136 valence electrons. The van der Waals surface area contributed by atoms with E-state index in [-0.39, 0.29) is 5.91 Å². The van der Waals surface area contributed by atoms with Crippen molar-refractivity contribution < 1.29 is 9.53 Å². The Kier molecular flexibility index (Phi) is 5.95. The monoisotopic (exact) mass is 388 g/mol. The highest BCUT2D eigenvalue weighted by Gasteiger charge is 2.20. The van der Waals surface area contributed by atoms with Crippen LogP contribution in [-0.4, -0.2) is 52.0 Å². The summed E-state index contributed by atoms with van der Waals surface area (Å²) in [7, 11) is 3.49. The van der Waals surface area contributed by atoms with Crippen LogP contribution in [-0.2, 0) is 4.79 Å². The normalized spacial score (nSPS) is 10.7. The minimum absolute atomic E-state index is 0.0281. The second kappa shape index (κ2) is 8.37. The number of benzene rings is 1. The van der Waals surface area contributed by atoms with Gasteiger partial charge in [0.2, 0.25) is 5.91 Å². The number of hydrogen-bond donors (Lipinski definition) is 0. The molecule has 1 amide bonds. The van der Waals surface area contributed by atoms with Crippen molar-refractivity contribution in [2.45, 2.75) is 12.1 Å². The van der Waals surface area contributed by atoms with Gasteiger partial charge < -0.3 is 9.64 Å². The van der Waals surface area contributed by atoms with Crippen molar-refractivity contribution in [3.8, 4) is 22.1 Å². The van der Waals surface area contributed by atoms with Gasteiger partial charge in [-0.25, -0.2) is 0 Å². The van der Waals surface area contributed by atoms with Crippen LogP contribution in [0.2, 0.25) is 0 Å². The molecule has 0 unspecified atom stereocenters. The predicted octanol–water partition coefficient (Wildman–Crippen LogP) is 3.57. The first kappa shape index (κ1) is 18.5. The van der Waals surface area contributed by atoms with Gasteiger partial charge in [0.15, 0.2) is 11.0 Å². The van der Waals surface area contributed by atoms with E-state index in [1.165, 1.54) is 11.8 Å². The van der Waals surface area contributed by atoms with Crippen molar-refractivity contribution in [2.24, 2.45) is 0 Å². The molecule has 6 nitrogen and oxygen atoms in total. The summed E-state index contributed by atoms with van der Waals surface area (Å²) in [5, 5.41) is 11.4. The molecule has 0 spiro atoms. The van der Waals surface area contributed by atoms with Crippen molar-refractivity contribution in [3.63, 3.8) is 0 Å². The first-order chi connectivity index (χ1) is 12.6. The summed E-state index contributed by atoms with van der Waals surface area (Å²) in [6.07, 6.45) is 0. The van der Waals surface area contributed by atoms with E-state index in [4.69, 9.17) is 4.74 Å². The third kappa shape index (κ3) is 3.91. The Bertz CT molecular complexity index is 875. The van der Waals surface area contributed by atoms with Crippen molar-refractivity contribution in [3.05, 3.63) is 41.8 Å². The lowest BCUT2D eigenvalue weighted by molar-refractivity contribution is -0.125. The predicted molar refractivity (Wildman–Crippen MR) is 105 cm³/mol. The zero-order valence-corrected chi connectivity index (χ0v) is 16.5. The Morgan fingerprint density at radius 3 is 2.73 bits per heavy atom. The Morgan fingerprint density at radius 1 is 1.23 bits per heavy atom. The van der Waals surface area contributed by atoms with Crippen LogP contribution in [0.15, 0.2) is 46.9 Å². The van der Waals surface area contributed by atoms with Gasteiger partial charge in [-0.05, 0) is 30.5 Å². The molecule has 0 saturated heterocycles. The molecule has 0 N–H and O–H groups in total. The quantitative estimate of drug-likeness (QED) is 0.579. The summed E-state index contributed by atoms with van der Waals surface area (Å²) in [6, 6.07) is 11.8. The molecule has 2 heterocycles. The number of nitrogens with zero attached hydrogens (tertiary/aromatic N) is 4. The Balaban J connectivity index is 2.06. The van der Waals surface area contributed by atoms with Gasteiger partial charge in [0, 0.05) is 14.1 Å². The molecular formula is C18H20N4O2S2. The second-order valence-electron chi connectivity index (χ2n) is 5.60. The highest BCUT2D eigenvalue weighted by Crippen LogP contribution is 2.34. The fourth-order valence-corrected chi connectivity index (χ4v) is 3.94. The molecule has 0 aliphatic heterocycles. The molecule has 2 aromatic heterocycles. The number of thiophene rings is 1. The SMILES string of the molecule is CCOc1ccccc1-n1c(SCC(=O)N(C)C)nnc1-c1cccs1. The molecule has 0 aliphatic carbocycles. The van der Waals surface area contributed by atoms with Crippen molar-refractivity contribution >= 4 is 29.0 Å². The lowest BCUT2D eigenvalue weighted by Gasteiger charge is -2.14. The number of rotatable bonds is 7. The number of carbonyl (C=O) groups is 1. The van der Waals surface area contributed by atoms with Gasteiger partial charge in [-0.15, -0.1) is 21.5 Å². The van der Waals surface area contributed by atoms with Crippen LogP contribution in [0.25, 0.3) is 16.4 Å². The highest BCUT2D eigenvalue weighted by molar-refractivity contribution is 7.99. The van der Waals surface area contributed by atoms with E-state index in [2.05, 4.69) is 10.2 Å². The standard InChI is InChI=1S/C18H20N4O2S2/c1-4-24-14-9-6-5-8-13(14)22-17(15-10-7-11-25-15)19-20-18(22)26-12-16(23)21(2)3/h5-11H,4,12H2,1-3H3. The molecule has 8 heteroatoms. The maximum Gasteiger partial charge on any atom is 0.232 e. The molecule has 3 rings (SSSR count). The fourth-order valence-electron chi connectivity index (χ4n) is 2.32. The topological polar surface area (TPSA) is 60.2 Å². The van der Waals surface area contributed by atoms with Gasteiger partial charge >= 0.3 is 0 Å². The number of amides is 1. The van der Waals surface area contributed by atoms with Crippen LogP contribution in [0.5, 0.6) is 5.75 Å². The molecule has 0 saturated carbocycles.